The van der Waals surface area contributed by atoms with Gasteiger partial charge in [0.1, 0.15) is 6.54 Å². The topological polar surface area (TPSA) is 3.88 Å². The molecule has 21 heavy (non-hydrogen) atoms. The number of hydrogen-bond donors (Lipinski definition) is 0. The van der Waals surface area contributed by atoms with Crippen molar-refractivity contribution in [2.75, 3.05) is 0 Å². The average Bonchev–Trinajstić information content (AvgIpc) is 2.43. The molecular formula is C19H34IN. The summed E-state index contributed by atoms with van der Waals surface area (Å²) in [6.45, 7) is 7.84. The average molecular weight is 403 g/mol. The fraction of sp³-hybridized carbons (Fsp3) is 0.737. The van der Waals surface area contributed by atoms with E-state index in [1.54, 1.807) is 0 Å². The molecule has 1 aromatic rings. The van der Waals surface area contributed by atoms with E-state index < -0.39 is 0 Å². The van der Waals surface area contributed by atoms with E-state index in [9.17, 15) is 0 Å². The van der Waals surface area contributed by atoms with Gasteiger partial charge in [-0.2, -0.15) is 0 Å². The van der Waals surface area contributed by atoms with Gasteiger partial charge in [-0.25, -0.2) is 4.57 Å². The molecule has 0 fully saturated rings. The normalized spacial score (nSPS) is 10.4. The molecule has 1 nitrogen and oxygen atoms in total. The Balaban J connectivity index is 0.00000400. The van der Waals surface area contributed by atoms with Crippen LogP contribution in [0.1, 0.15) is 82.4 Å². The number of pyridine rings is 1. The maximum atomic E-state index is 2.39. The predicted octanol–water partition coefficient (Wildman–Crippen LogP) is 2.52. The van der Waals surface area contributed by atoms with Gasteiger partial charge in [0.25, 0.3) is 0 Å². The summed E-state index contributed by atoms with van der Waals surface area (Å²) in [5, 5.41) is 0. The van der Waals surface area contributed by atoms with Crippen molar-refractivity contribution in [1.29, 1.82) is 0 Å². The Hall–Kier alpha value is -0.120. The van der Waals surface area contributed by atoms with Crippen molar-refractivity contribution >= 4 is 0 Å². The fourth-order valence-corrected chi connectivity index (χ4v) is 2.81. The first-order chi connectivity index (χ1) is 9.74. The minimum absolute atomic E-state index is 0. The van der Waals surface area contributed by atoms with Crippen LogP contribution in [0.3, 0.4) is 0 Å². The Kier molecular flexibility index (Phi) is 13.5. The molecule has 0 saturated heterocycles. The molecule has 0 amide bonds. The molecule has 0 unspecified atom stereocenters. The summed E-state index contributed by atoms with van der Waals surface area (Å²) in [6.07, 6.45) is 16.4. The molecule has 2 heteroatoms. The van der Waals surface area contributed by atoms with Gasteiger partial charge in [0.15, 0.2) is 11.9 Å². The van der Waals surface area contributed by atoms with Crippen molar-refractivity contribution < 1.29 is 28.5 Å². The monoisotopic (exact) mass is 403 g/mol. The summed E-state index contributed by atoms with van der Waals surface area (Å²) in [6, 6.07) is 4.49. The van der Waals surface area contributed by atoms with Crippen LogP contribution in [0, 0.1) is 13.8 Å². The SMILES string of the molecule is CCCCCCCCCCCC[n+]1ccc(C)cc1C.[I-]. The number of aryl methyl sites for hydroxylation is 3. The summed E-state index contributed by atoms with van der Waals surface area (Å²) in [5.41, 5.74) is 2.75. The van der Waals surface area contributed by atoms with Crippen LogP contribution in [0.15, 0.2) is 18.3 Å². The Labute approximate surface area is 149 Å². The van der Waals surface area contributed by atoms with E-state index in [1.807, 2.05) is 0 Å². The second kappa shape index (κ2) is 13.5. The number of rotatable bonds is 11. The van der Waals surface area contributed by atoms with Crippen LogP contribution >= 0.6 is 0 Å². The molecule has 0 aliphatic carbocycles. The van der Waals surface area contributed by atoms with Crippen molar-refractivity contribution in [1.82, 2.24) is 0 Å². The molecule has 0 atom stereocenters. The minimum Gasteiger partial charge on any atom is -1.00 e. The van der Waals surface area contributed by atoms with Crippen LogP contribution in [0.5, 0.6) is 0 Å². The van der Waals surface area contributed by atoms with Crippen LogP contribution in [0.25, 0.3) is 0 Å². The molecular weight excluding hydrogens is 369 g/mol. The Morgan fingerprint density at radius 3 is 1.86 bits per heavy atom. The Bertz CT molecular complexity index is 363. The van der Waals surface area contributed by atoms with Crippen LogP contribution in [-0.2, 0) is 6.54 Å². The zero-order valence-electron chi connectivity index (χ0n) is 14.3. The Morgan fingerprint density at radius 1 is 0.810 bits per heavy atom. The highest BCUT2D eigenvalue weighted by Crippen LogP contribution is 2.10. The molecule has 1 aromatic heterocycles. The summed E-state index contributed by atoms with van der Waals surface area (Å²) in [5.74, 6) is 0. The Morgan fingerprint density at radius 2 is 1.33 bits per heavy atom. The second-order valence-electron chi connectivity index (χ2n) is 6.22. The van der Waals surface area contributed by atoms with Gasteiger partial charge in [-0.3, -0.25) is 0 Å². The summed E-state index contributed by atoms with van der Waals surface area (Å²) < 4.78 is 2.39. The van der Waals surface area contributed by atoms with Crippen LogP contribution in [-0.4, -0.2) is 0 Å². The number of hydrogen-bond acceptors (Lipinski definition) is 0. The van der Waals surface area contributed by atoms with Gasteiger partial charge in [0.2, 0.25) is 0 Å². The maximum Gasteiger partial charge on any atom is 0.178 e. The van der Waals surface area contributed by atoms with Gasteiger partial charge in [-0.1, -0.05) is 58.3 Å². The van der Waals surface area contributed by atoms with E-state index in [0.717, 1.165) is 0 Å². The molecule has 0 aliphatic heterocycles. The van der Waals surface area contributed by atoms with Gasteiger partial charge < -0.3 is 24.0 Å². The lowest BCUT2D eigenvalue weighted by atomic mass is 10.1. The summed E-state index contributed by atoms with van der Waals surface area (Å²) in [4.78, 5) is 0. The van der Waals surface area contributed by atoms with E-state index in [-0.39, 0.29) is 24.0 Å². The molecule has 1 rings (SSSR count). The van der Waals surface area contributed by atoms with Gasteiger partial charge >= 0.3 is 0 Å². The first-order valence-corrected chi connectivity index (χ1v) is 8.70. The summed E-state index contributed by atoms with van der Waals surface area (Å²) >= 11 is 0. The van der Waals surface area contributed by atoms with Crippen LogP contribution in [0.4, 0.5) is 0 Å². The van der Waals surface area contributed by atoms with E-state index in [4.69, 9.17) is 0 Å². The fourth-order valence-electron chi connectivity index (χ4n) is 2.81. The lowest BCUT2D eigenvalue weighted by Gasteiger charge is -2.03. The third kappa shape index (κ3) is 10.3. The third-order valence-electron chi connectivity index (χ3n) is 4.16. The molecule has 0 radical (unpaired) electrons. The number of nitrogens with zero attached hydrogens (tertiary/aromatic N) is 1. The molecule has 0 aromatic carbocycles. The molecule has 1 heterocycles. The zero-order valence-corrected chi connectivity index (χ0v) is 16.5. The van der Waals surface area contributed by atoms with Crippen LogP contribution < -0.4 is 28.5 Å². The highest BCUT2D eigenvalue weighted by atomic mass is 127. The lowest BCUT2D eigenvalue weighted by Crippen LogP contribution is -3.00. The van der Waals surface area contributed by atoms with Crippen molar-refractivity contribution in [3.05, 3.63) is 29.6 Å². The van der Waals surface area contributed by atoms with Gasteiger partial charge in [-0.15, -0.1) is 0 Å². The molecule has 0 saturated carbocycles. The quantitative estimate of drug-likeness (QED) is 0.304. The van der Waals surface area contributed by atoms with E-state index >= 15 is 0 Å². The molecule has 122 valence electrons. The van der Waals surface area contributed by atoms with Gasteiger partial charge in [0.05, 0.1) is 0 Å². The zero-order chi connectivity index (χ0) is 14.6. The van der Waals surface area contributed by atoms with Crippen molar-refractivity contribution in [2.45, 2.75) is 91.5 Å². The van der Waals surface area contributed by atoms with Gasteiger partial charge in [0, 0.05) is 25.5 Å². The number of halogens is 1. The van der Waals surface area contributed by atoms with Gasteiger partial charge in [-0.05, 0) is 18.9 Å². The maximum absolute atomic E-state index is 2.39. The molecule has 0 N–H and O–H groups in total. The highest BCUT2D eigenvalue weighted by molar-refractivity contribution is 5.08. The third-order valence-corrected chi connectivity index (χ3v) is 4.16. The molecule has 0 bridgehead atoms. The van der Waals surface area contributed by atoms with E-state index in [0.29, 0.717) is 0 Å². The lowest BCUT2D eigenvalue weighted by molar-refractivity contribution is -0.703. The minimum atomic E-state index is 0. The van der Waals surface area contributed by atoms with Crippen molar-refractivity contribution in [2.24, 2.45) is 0 Å². The largest absolute Gasteiger partial charge is 1.00 e. The first kappa shape index (κ1) is 20.9. The standard InChI is InChI=1S/C19H34N.HI/c1-4-5-6-7-8-9-10-11-12-13-15-20-16-14-18(2)17-19(20)3;/h14,16-17H,4-13,15H2,1-3H3;1H/q+1;/p-1. The van der Waals surface area contributed by atoms with E-state index in [1.165, 1.54) is 82.0 Å². The molecule has 0 spiro atoms. The number of unbranched alkanes of at least 4 members (excludes halogenated alkanes) is 9. The smallest absolute Gasteiger partial charge is 0.178 e. The van der Waals surface area contributed by atoms with Crippen molar-refractivity contribution in [3.8, 4) is 0 Å². The van der Waals surface area contributed by atoms with E-state index in [2.05, 4.69) is 43.7 Å². The first-order valence-electron chi connectivity index (χ1n) is 8.70. The number of aromatic nitrogens is 1. The highest BCUT2D eigenvalue weighted by Gasteiger charge is 2.04. The molecule has 0 aliphatic rings. The second-order valence-corrected chi connectivity index (χ2v) is 6.22. The predicted molar refractivity (Wildman–Crippen MR) is 88.0 cm³/mol. The van der Waals surface area contributed by atoms with Crippen LogP contribution in [0.2, 0.25) is 0 Å². The van der Waals surface area contributed by atoms with Crippen molar-refractivity contribution in [3.63, 3.8) is 0 Å². The summed E-state index contributed by atoms with van der Waals surface area (Å²) in [7, 11) is 0.